The Morgan fingerprint density at radius 3 is 1.58 bits per heavy atom. The van der Waals surface area contributed by atoms with E-state index < -0.39 is 15.7 Å². The molecule has 4 aliphatic carbocycles. The molecule has 2 fully saturated rings. The van der Waals surface area contributed by atoms with Crippen LogP contribution in [-0.4, -0.2) is 12.1 Å². The maximum Gasteiger partial charge on any atom is -0.147 e. The van der Waals surface area contributed by atoms with Crippen LogP contribution < -0.4 is 0 Å². The first-order valence-electron chi connectivity index (χ1n) is 10.1. The fraction of sp³-hybridized carbons (Fsp3) is 0.636. The average molecular weight is 535 g/mol. The van der Waals surface area contributed by atoms with E-state index in [4.69, 9.17) is 0 Å². The van der Waals surface area contributed by atoms with E-state index >= 15 is 0 Å². The first-order chi connectivity index (χ1) is 11.3. The number of allylic oxidation sites excluding steroid dienone is 8. The zero-order valence-electron chi connectivity index (χ0n) is 16.8. The summed E-state index contributed by atoms with van der Waals surface area (Å²) in [4.78, 5) is 0. The minimum Gasteiger partial charge on any atom is -0.147 e. The van der Waals surface area contributed by atoms with Gasteiger partial charge in [0, 0.05) is 0 Å². The Kier molecular flexibility index (Phi) is 7.16. The Bertz CT molecular complexity index is 683. The molecule has 4 heteroatoms. The van der Waals surface area contributed by atoms with Crippen LogP contribution in [0.4, 0.5) is 0 Å². The minimum absolute atomic E-state index is 0. The number of halogens is 2. The standard InChI is InChI=1S/2C10H13.2CH3.2ClH.GeH2.Zr/c2*1-8-6-9-4-2-3-5-10(9)7-8;;;;;;/h2*2-4,6,8,10H,5,7H2,1H3;2*1H3;2*1H;1H2;. The molecule has 6 unspecified atom stereocenters. The predicted molar refractivity (Wildman–Crippen MR) is 120 cm³/mol. The van der Waals surface area contributed by atoms with Gasteiger partial charge in [0.25, 0.3) is 0 Å². The number of fused-ring (bicyclic) bond motifs is 2. The van der Waals surface area contributed by atoms with Crippen LogP contribution in [0.25, 0.3) is 0 Å². The molecule has 146 valence electrons. The zero-order valence-corrected chi connectivity index (χ0v) is 23.8. The summed E-state index contributed by atoms with van der Waals surface area (Å²) in [5.74, 6) is 3.59. The topological polar surface area (TPSA) is 0 Å². The molecule has 0 radical (unpaired) electrons. The maximum absolute atomic E-state index is 2.87. The molecule has 0 heterocycles. The van der Waals surface area contributed by atoms with E-state index in [1.807, 2.05) is 11.1 Å². The SMILES string of the molecule is CC1CC2CC=CC=C2[CH]1[Zr]([CH3])([CH3])(=[GeH2])[CH]1C2=CC=CCC2CC1C.Cl.Cl. The number of hydrogen-bond acceptors (Lipinski definition) is 0. The Morgan fingerprint density at radius 1 is 0.808 bits per heavy atom. The summed E-state index contributed by atoms with van der Waals surface area (Å²) in [6.45, 7) is 5.18. The molecule has 4 aliphatic rings. The summed E-state index contributed by atoms with van der Waals surface area (Å²) >= 11 is -1.23. The van der Waals surface area contributed by atoms with Crippen molar-refractivity contribution in [1.29, 1.82) is 0 Å². The molecule has 0 spiro atoms. The Morgan fingerprint density at radius 2 is 1.19 bits per heavy atom. The summed E-state index contributed by atoms with van der Waals surface area (Å²) < 4.78 is 7.68. The van der Waals surface area contributed by atoms with E-state index in [1.54, 1.807) is 12.1 Å². The molecule has 0 bridgehead atoms. The second-order valence-electron chi connectivity index (χ2n) is 10.4. The summed E-state index contributed by atoms with van der Waals surface area (Å²) in [7, 11) is 0. The quantitative estimate of drug-likeness (QED) is 0.341. The molecule has 0 aromatic heterocycles. The van der Waals surface area contributed by atoms with Crippen LogP contribution in [0.15, 0.2) is 47.6 Å². The van der Waals surface area contributed by atoms with Gasteiger partial charge in [-0.2, -0.15) is 0 Å². The van der Waals surface area contributed by atoms with Crippen molar-refractivity contribution in [2.45, 2.75) is 56.0 Å². The fourth-order valence-electron chi connectivity index (χ4n) is 7.55. The van der Waals surface area contributed by atoms with Crippen LogP contribution in [0.3, 0.4) is 0 Å². The van der Waals surface area contributed by atoms with Crippen LogP contribution in [0, 0.1) is 23.7 Å². The van der Waals surface area contributed by atoms with Crippen LogP contribution in [0.2, 0.25) is 16.5 Å². The molecule has 0 saturated heterocycles. The van der Waals surface area contributed by atoms with Crippen molar-refractivity contribution in [2.75, 3.05) is 0 Å². The third-order valence-electron chi connectivity index (χ3n) is 7.85. The van der Waals surface area contributed by atoms with Gasteiger partial charge in [0.1, 0.15) is 0 Å². The average Bonchev–Trinajstić information content (AvgIpc) is 3.02. The summed E-state index contributed by atoms with van der Waals surface area (Å²) in [6, 6.07) is 0. The van der Waals surface area contributed by atoms with Gasteiger partial charge in [0.15, 0.2) is 0 Å². The Labute approximate surface area is 178 Å². The Hall–Kier alpha value is 0.966. The van der Waals surface area contributed by atoms with E-state index in [2.05, 4.69) is 59.6 Å². The Balaban J connectivity index is 0.00000121. The fourth-order valence-corrected chi connectivity index (χ4v) is 41.2. The largest absolute Gasteiger partial charge is 0.147 e. The third-order valence-corrected chi connectivity index (χ3v) is 33.2. The number of hydrogen-bond donors (Lipinski definition) is 0. The van der Waals surface area contributed by atoms with Gasteiger partial charge >= 0.3 is 155 Å². The van der Waals surface area contributed by atoms with Crippen molar-refractivity contribution < 1.29 is 15.7 Å². The maximum atomic E-state index is 2.87. The molecular formula is C22H36Cl2GeZr. The van der Waals surface area contributed by atoms with E-state index in [1.165, 1.54) is 25.7 Å². The van der Waals surface area contributed by atoms with Gasteiger partial charge in [-0.25, -0.2) is 0 Å². The number of rotatable bonds is 2. The van der Waals surface area contributed by atoms with Gasteiger partial charge in [0.2, 0.25) is 0 Å². The van der Waals surface area contributed by atoms with Gasteiger partial charge in [-0.05, 0) is 0 Å². The first-order valence-corrected chi connectivity index (χ1v) is 28.4. The second-order valence-corrected chi connectivity index (χ2v) is 55.6. The summed E-state index contributed by atoms with van der Waals surface area (Å²) in [6.07, 6.45) is 20.2. The molecular weight excluding hydrogens is 499 g/mol. The van der Waals surface area contributed by atoms with E-state index in [9.17, 15) is 0 Å². The molecule has 6 atom stereocenters. The molecule has 0 aromatic carbocycles. The van der Waals surface area contributed by atoms with Gasteiger partial charge < -0.3 is 0 Å². The molecule has 2 saturated carbocycles. The predicted octanol–water partition coefficient (Wildman–Crippen LogP) is 6.83. The monoisotopic (exact) mass is 534 g/mol. The van der Waals surface area contributed by atoms with Crippen LogP contribution in [0.1, 0.15) is 39.5 Å². The van der Waals surface area contributed by atoms with Gasteiger partial charge in [-0.3, -0.25) is 0 Å². The molecule has 26 heavy (non-hydrogen) atoms. The van der Waals surface area contributed by atoms with Crippen molar-refractivity contribution in [3.8, 4) is 0 Å². The van der Waals surface area contributed by atoms with Crippen LogP contribution in [-0.2, 0) is 15.7 Å². The van der Waals surface area contributed by atoms with Crippen LogP contribution in [0.5, 0.6) is 0 Å². The zero-order chi connectivity index (χ0) is 17.1. The third kappa shape index (κ3) is 3.62. The van der Waals surface area contributed by atoms with E-state index in [0.717, 1.165) is 30.9 Å². The van der Waals surface area contributed by atoms with E-state index in [-0.39, 0.29) is 24.8 Å². The molecule has 0 aromatic rings. The first kappa shape index (κ1) is 23.2. The smallest absolute Gasteiger partial charge is 0.147 e. The summed E-state index contributed by atoms with van der Waals surface area (Å²) in [5.41, 5.74) is 3.77. The van der Waals surface area contributed by atoms with Crippen LogP contribution >= 0.6 is 24.8 Å². The molecule has 0 nitrogen and oxygen atoms in total. The summed E-state index contributed by atoms with van der Waals surface area (Å²) in [5, 5.41) is 0. The molecule has 0 amide bonds. The normalized spacial score (nSPS) is 38.5. The molecule has 4 rings (SSSR count). The minimum atomic E-state index is -2.84. The van der Waals surface area contributed by atoms with Crippen molar-refractivity contribution in [3.05, 3.63) is 47.6 Å². The molecule has 0 aliphatic heterocycles. The van der Waals surface area contributed by atoms with Gasteiger partial charge in [-0.1, -0.05) is 0 Å². The van der Waals surface area contributed by atoms with Crippen molar-refractivity contribution >= 4 is 37.0 Å². The molecule has 0 N–H and O–H groups in total. The van der Waals surface area contributed by atoms with Gasteiger partial charge in [0.05, 0.1) is 0 Å². The van der Waals surface area contributed by atoms with E-state index in [0.29, 0.717) is 0 Å². The van der Waals surface area contributed by atoms with Crippen molar-refractivity contribution in [1.82, 2.24) is 0 Å². The van der Waals surface area contributed by atoms with Gasteiger partial charge in [-0.15, -0.1) is 24.8 Å². The second kappa shape index (κ2) is 8.00. The van der Waals surface area contributed by atoms with Crippen molar-refractivity contribution in [2.24, 2.45) is 23.7 Å². The van der Waals surface area contributed by atoms with Crippen molar-refractivity contribution in [3.63, 3.8) is 0 Å².